The van der Waals surface area contributed by atoms with Crippen molar-refractivity contribution in [2.24, 2.45) is 7.05 Å². The number of piperazine rings is 1. The molecule has 0 radical (unpaired) electrons. The van der Waals surface area contributed by atoms with Gasteiger partial charge >= 0.3 is 0 Å². The Morgan fingerprint density at radius 2 is 1.96 bits per heavy atom. The van der Waals surface area contributed by atoms with Crippen LogP contribution in [0.25, 0.3) is 0 Å². The van der Waals surface area contributed by atoms with Gasteiger partial charge in [0.25, 0.3) is 0 Å². The molecule has 2 saturated heterocycles. The largest absolute Gasteiger partial charge is 0.349 e. The summed E-state index contributed by atoms with van der Waals surface area (Å²) in [6.07, 6.45) is 7.84. The summed E-state index contributed by atoms with van der Waals surface area (Å²) in [5.41, 5.74) is 1.22. The van der Waals surface area contributed by atoms with Crippen molar-refractivity contribution in [3.05, 3.63) is 30.4 Å². The zero-order valence-electron chi connectivity index (χ0n) is 14.7. The summed E-state index contributed by atoms with van der Waals surface area (Å²) in [7, 11) is 3.78. The van der Waals surface area contributed by atoms with E-state index in [0.29, 0.717) is 12.6 Å². The molecule has 132 valence electrons. The Labute approximate surface area is 147 Å². The number of anilines is 2. The van der Waals surface area contributed by atoms with E-state index >= 15 is 0 Å². The predicted octanol–water partition coefficient (Wildman–Crippen LogP) is 0.830. The van der Waals surface area contributed by atoms with E-state index in [1.54, 1.807) is 11.2 Å². The molecule has 4 rings (SSSR count). The lowest BCUT2D eigenvalue weighted by molar-refractivity contribution is -0.129. The topological polar surface area (TPSA) is 70.4 Å². The molecule has 1 unspecified atom stereocenters. The molecule has 2 aromatic heterocycles. The van der Waals surface area contributed by atoms with Crippen LogP contribution in [-0.2, 0) is 11.8 Å². The lowest BCUT2D eigenvalue weighted by atomic mass is 10.1. The maximum absolute atomic E-state index is 12.0. The Morgan fingerprint density at radius 3 is 2.72 bits per heavy atom. The third kappa shape index (κ3) is 3.04. The summed E-state index contributed by atoms with van der Waals surface area (Å²) in [6.45, 7) is 2.86. The molecule has 0 aromatic carbocycles. The van der Waals surface area contributed by atoms with Crippen molar-refractivity contribution in [3.8, 4) is 0 Å². The Hall–Kier alpha value is -2.64. The molecule has 2 aromatic rings. The minimum absolute atomic E-state index is 0.126. The lowest BCUT2D eigenvalue weighted by Crippen LogP contribution is -2.48. The molecule has 0 aliphatic carbocycles. The summed E-state index contributed by atoms with van der Waals surface area (Å²) in [4.78, 5) is 27.0. The fourth-order valence-corrected chi connectivity index (χ4v) is 3.62. The summed E-state index contributed by atoms with van der Waals surface area (Å²) in [5.74, 6) is 1.87. The molecule has 0 bridgehead atoms. The van der Waals surface area contributed by atoms with Gasteiger partial charge in [0.1, 0.15) is 18.0 Å². The standard InChI is InChI=1S/C17H23N7O/c1-21-6-7-23(11-17(21)25)15-8-16(19-12-18-15)24-5-3-4-14(24)13-9-20-22(2)10-13/h8-10,12,14H,3-7,11H2,1-2H3. The van der Waals surface area contributed by atoms with Crippen molar-refractivity contribution in [2.45, 2.75) is 18.9 Å². The highest BCUT2D eigenvalue weighted by Crippen LogP contribution is 2.35. The van der Waals surface area contributed by atoms with E-state index in [4.69, 9.17) is 0 Å². The quantitative estimate of drug-likeness (QED) is 0.824. The minimum Gasteiger partial charge on any atom is -0.349 e. The van der Waals surface area contributed by atoms with Gasteiger partial charge in [-0.15, -0.1) is 0 Å². The smallest absolute Gasteiger partial charge is 0.241 e. The van der Waals surface area contributed by atoms with Crippen LogP contribution in [0.4, 0.5) is 11.6 Å². The number of hydrogen-bond acceptors (Lipinski definition) is 6. The van der Waals surface area contributed by atoms with E-state index in [0.717, 1.165) is 44.1 Å². The average molecular weight is 341 g/mol. The number of aryl methyl sites for hydroxylation is 1. The Balaban J connectivity index is 1.57. The monoisotopic (exact) mass is 341 g/mol. The zero-order chi connectivity index (χ0) is 17.4. The fraction of sp³-hybridized carbons (Fsp3) is 0.529. The van der Waals surface area contributed by atoms with Crippen LogP contribution in [0.5, 0.6) is 0 Å². The molecule has 8 heteroatoms. The summed E-state index contributed by atoms with van der Waals surface area (Å²) < 4.78 is 1.84. The molecule has 8 nitrogen and oxygen atoms in total. The van der Waals surface area contributed by atoms with E-state index in [9.17, 15) is 4.79 Å². The van der Waals surface area contributed by atoms with Crippen molar-refractivity contribution in [3.63, 3.8) is 0 Å². The summed E-state index contributed by atoms with van der Waals surface area (Å²) in [6, 6.07) is 2.30. The molecule has 1 amide bonds. The van der Waals surface area contributed by atoms with Crippen LogP contribution in [0.15, 0.2) is 24.8 Å². The number of carbonyl (C=O) groups excluding carboxylic acids is 1. The third-order valence-corrected chi connectivity index (χ3v) is 5.08. The Morgan fingerprint density at radius 1 is 1.12 bits per heavy atom. The highest BCUT2D eigenvalue weighted by molar-refractivity contribution is 5.82. The first-order valence-corrected chi connectivity index (χ1v) is 8.68. The Kier molecular flexibility index (Phi) is 4.03. The van der Waals surface area contributed by atoms with Crippen LogP contribution in [0.3, 0.4) is 0 Å². The second-order valence-corrected chi connectivity index (χ2v) is 6.77. The van der Waals surface area contributed by atoms with Gasteiger partial charge in [0, 0.05) is 51.6 Å². The number of amides is 1. The highest BCUT2D eigenvalue weighted by atomic mass is 16.2. The van der Waals surface area contributed by atoms with E-state index in [1.165, 1.54) is 5.56 Å². The molecule has 2 fully saturated rings. The number of carbonyl (C=O) groups is 1. The van der Waals surface area contributed by atoms with Gasteiger partial charge in [-0.25, -0.2) is 9.97 Å². The zero-order valence-corrected chi connectivity index (χ0v) is 14.7. The van der Waals surface area contributed by atoms with Crippen molar-refractivity contribution < 1.29 is 4.79 Å². The summed E-state index contributed by atoms with van der Waals surface area (Å²) >= 11 is 0. The Bertz CT molecular complexity index is 774. The van der Waals surface area contributed by atoms with Crippen LogP contribution in [0.1, 0.15) is 24.4 Å². The van der Waals surface area contributed by atoms with Gasteiger partial charge < -0.3 is 14.7 Å². The molecular weight excluding hydrogens is 318 g/mol. The normalized spacial score (nSPS) is 21.3. The van der Waals surface area contributed by atoms with Crippen molar-refractivity contribution in [1.82, 2.24) is 24.6 Å². The molecule has 2 aliphatic heterocycles. The van der Waals surface area contributed by atoms with Gasteiger partial charge in [0.15, 0.2) is 0 Å². The molecule has 2 aliphatic rings. The number of aromatic nitrogens is 4. The molecule has 1 atom stereocenters. The number of nitrogens with zero attached hydrogens (tertiary/aromatic N) is 7. The summed E-state index contributed by atoms with van der Waals surface area (Å²) in [5, 5.41) is 4.30. The van der Waals surface area contributed by atoms with Crippen LogP contribution in [0, 0.1) is 0 Å². The highest BCUT2D eigenvalue weighted by Gasteiger charge is 2.29. The minimum atomic E-state index is 0.126. The molecule has 4 heterocycles. The number of hydrogen-bond donors (Lipinski definition) is 0. The van der Waals surface area contributed by atoms with Crippen molar-refractivity contribution in [2.75, 3.05) is 43.0 Å². The van der Waals surface area contributed by atoms with Gasteiger partial charge in [-0.2, -0.15) is 5.10 Å². The number of rotatable bonds is 3. The van der Waals surface area contributed by atoms with Gasteiger partial charge in [-0.1, -0.05) is 0 Å². The number of likely N-dealkylation sites (N-methyl/N-ethyl adjacent to an activating group) is 1. The molecular formula is C17H23N7O. The lowest BCUT2D eigenvalue weighted by Gasteiger charge is -2.33. The second-order valence-electron chi connectivity index (χ2n) is 6.77. The van der Waals surface area contributed by atoms with Crippen LogP contribution in [-0.4, -0.2) is 63.8 Å². The molecule has 25 heavy (non-hydrogen) atoms. The van der Waals surface area contributed by atoms with E-state index in [1.807, 2.05) is 35.9 Å². The maximum atomic E-state index is 12.0. The van der Waals surface area contributed by atoms with Crippen molar-refractivity contribution in [1.29, 1.82) is 0 Å². The first kappa shape index (κ1) is 15.9. The van der Waals surface area contributed by atoms with Gasteiger partial charge in [-0.3, -0.25) is 9.48 Å². The molecule has 0 spiro atoms. The van der Waals surface area contributed by atoms with E-state index in [2.05, 4.69) is 26.2 Å². The SMILES string of the molecule is CN1CCN(c2cc(N3CCCC3c3cnn(C)c3)ncn2)CC1=O. The fourth-order valence-electron chi connectivity index (χ4n) is 3.62. The van der Waals surface area contributed by atoms with Gasteiger partial charge in [0.2, 0.25) is 5.91 Å². The average Bonchev–Trinajstić information content (AvgIpc) is 3.26. The first-order chi connectivity index (χ1) is 12.1. The van der Waals surface area contributed by atoms with E-state index < -0.39 is 0 Å². The predicted molar refractivity (Wildman–Crippen MR) is 94.4 cm³/mol. The molecule has 0 N–H and O–H groups in total. The van der Waals surface area contributed by atoms with Gasteiger partial charge in [-0.05, 0) is 12.8 Å². The maximum Gasteiger partial charge on any atom is 0.241 e. The third-order valence-electron chi connectivity index (χ3n) is 5.08. The van der Waals surface area contributed by atoms with Gasteiger partial charge in [0.05, 0.1) is 18.8 Å². The molecule has 0 saturated carbocycles. The van der Waals surface area contributed by atoms with Crippen molar-refractivity contribution >= 4 is 17.5 Å². The van der Waals surface area contributed by atoms with E-state index in [-0.39, 0.29) is 5.91 Å². The van der Waals surface area contributed by atoms with Crippen LogP contribution in [0.2, 0.25) is 0 Å². The van der Waals surface area contributed by atoms with Crippen LogP contribution >= 0.6 is 0 Å². The van der Waals surface area contributed by atoms with Crippen LogP contribution < -0.4 is 9.80 Å². The second kappa shape index (κ2) is 6.34. The first-order valence-electron chi connectivity index (χ1n) is 8.68.